The molecule has 6 atom stereocenters. The van der Waals surface area contributed by atoms with E-state index in [0.29, 0.717) is 11.3 Å². The fraction of sp³-hybridized carbons (Fsp3) is 0.321. The predicted octanol–water partition coefficient (Wildman–Crippen LogP) is 0.871. The summed E-state index contributed by atoms with van der Waals surface area (Å²) >= 11 is 1.27. The van der Waals surface area contributed by atoms with E-state index in [9.17, 15) is 39.9 Å². The Morgan fingerprint density at radius 1 is 1.07 bits per heavy atom. The number of amides is 1. The number of ketones is 2. The van der Waals surface area contributed by atoms with Gasteiger partial charge in [-0.15, -0.1) is 0 Å². The maximum atomic E-state index is 14.1. The van der Waals surface area contributed by atoms with Crippen molar-refractivity contribution in [1.82, 2.24) is 9.62 Å². The summed E-state index contributed by atoms with van der Waals surface area (Å²) in [5.41, 5.74) is 2.26. The number of aliphatic hydroxyl groups is 4. The number of aromatic hydroxyl groups is 1. The van der Waals surface area contributed by atoms with E-state index in [1.807, 2.05) is 30.3 Å². The SMILES string of the molecule is CN(C)[C@@H]1C(=O)C(C(N)=O)=C(O)[C@@]2(O)C(=O)C3=C(O)c4c(O)cccc4[C@H](NSCc4ccccc4)[C@H]3[C@H](O)[C@@H]12. The van der Waals surface area contributed by atoms with Gasteiger partial charge in [0.1, 0.15) is 22.8 Å². The third kappa shape index (κ3) is 3.94. The van der Waals surface area contributed by atoms with Gasteiger partial charge in [-0.25, -0.2) is 0 Å². The first kappa shape index (κ1) is 27.9. The number of likely N-dealkylation sites (N-methyl/N-ethyl adjacent to an activating group) is 1. The van der Waals surface area contributed by atoms with Gasteiger partial charge in [0.25, 0.3) is 5.91 Å². The van der Waals surface area contributed by atoms with Crippen LogP contribution in [0.4, 0.5) is 0 Å². The Kier molecular flexibility index (Phi) is 7.01. The number of carbonyl (C=O) groups excluding carboxylic acids is 3. The van der Waals surface area contributed by atoms with Crippen LogP contribution in [-0.4, -0.2) is 79.7 Å². The number of fused-ring (bicyclic) bond motifs is 3. The third-order valence-electron chi connectivity index (χ3n) is 7.95. The molecule has 0 radical (unpaired) electrons. The highest BCUT2D eigenvalue weighted by molar-refractivity contribution is 7.96. The predicted molar refractivity (Wildman–Crippen MR) is 146 cm³/mol. The van der Waals surface area contributed by atoms with Crippen molar-refractivity contribution in [3.05, 3.63) is 82.1 Å². The zero-order valence-corrected chi connectivity index (χ0v) is 22.4. The summed E-state index contributed by atoms with van der Waals surface area (Å²) in [6.07, 6.45) is -1.70. The molecule has 3 aliphatic carbocycles. The van der Waals surface area contributed by atoms with Gasteiger partial charge in [0.05, 0.1) is 29.7 Å². The maximum Gasteiger partial charge on any atom is 0.255 e. The van der Waals surface area contributed by atoms with Gasteiger partial charge >= 0.3 is 0 Å². The molecule has 0 unspecified atom stereocenters. The van der Waals surface area contributed by atoms with E-state index in [1.54, 1.807) is 12.1 Å². The van der Waals surface area contributed by atoms with Crippen LogP contribution in [0.1, 0.15) is 22.7 Å². The fourth-order valence-electron chi connectivity index (χ4n) is 6.20. The summed E-state index contributed by atoms with van der Waals surface area (Å²) in [6.45, 7) is 0. The lowest BCUT2D eigenvalue weighted by Gasteiger charge is -2.54. The van der Waals surface area contributed by atoms with E-state index in [0.717, 1.165) is 5.56 Å². The summed E-state index contributed by atoms with van der Waals surface area (Å²) < 4.78 is 3.25. The molecule has 1 fully saturated rings. The summed E-state index contributed by atoms with van der Waals surface area (Å²) in [7, 11) is 2.92. The van der Waals surface area contributed by atoms with Crippen LogP contribution < -0.4 is 10.5 Å². The van der Waals surface area contributed by atoms with E-state index in [4.69, 9.17) is 5.73 Å². The number of rotatable bonds is 6. The topological polar surface area (TPSA) is 194 Å². The number of benzene rings is 2. The standard InChI is InChI=1S/C28H29N3O8S/c1-31(2)21-19-23(34)16-17(25(36)28(19,39)26(37)18(24(21)35)27(29)38)22(33)15-13(9-6-10-14(15)32)20(16)30-40-11-12-7-4-3-5-8-12/h3-10,16,19-21,23,30,32-34,37,39H,11H2,1-2H3,(H2,29,38)/t16-,19+,20-,21-,23-,28-/m0/s1. The van der Waals surface area contributed by atoms with Crippen LogP contribution in [0.5, 0.6) is 5.75 Å². The molecule has 1 amide bonds. The van der Waals surface area contributed by atoms with Crippen LogP contribution >= 0.6 is 11.9 Å². The zero-order chi connectivity index (χ0) is 29.1. The van der Waals surface area contributed by atoms with Crippen LogP contribution in [0.15, 0.2) is 65.4 Å². The lowest BCUT2D eigenvalue weighted by atomic mass is 9.55. The number of hydrogen-bond donors (Lipinski definition) is 7. The second-order valence-corrected chi connectivity index (χ2v) is 11.2. The Morgan fingerprint density at radius 3 is 2.38 bits per heavy atom. The Hall–Kier alpha value is -3.68. The quantitative estimate of drug-likeness (QED) is 0.193. The highest BCUT2D eigenvalue weighted by atomic mass is 32.2. The minimum atomic E-state index is -2.96. The molecule has 0 heterocycles. The molecular formula is C28H29N3O8S. The Balaban J connectivity index is 1.69. The van der Waals surface area contributed by atoms with Crippen molar-refractivity contribution in [3.8, 4) is 5.75 Å². The molecule has 0 aromatic heterocycles. The third-order valence-corrected chi connectivity index (χ3v) is 8.85. The van der Waals surface area contributed by atoms with Gasteiger partial charge < -0.3 is 31.3 Å². The van der Waals surface area contributed by atoms with Gasteiger partial charge in [0.15, 0.2) is 11.4 Å². The van der Waals surface area contributed by atoms with Crippen LogP contribution in [0.3, 0.4) is 0 Å². The summed E-state index contributed by atoms with van der Waals surface area (Å²) in [5, 5.41) is 56.6. The smallest absolute Gasteiger partial charge is 0.255 e. The highest BCUT2D eigenvalue weighted by Gasteiger charge is 2.68. The molecule has 2 aromatic carbocycles. The Bertz CT molecular complexity index is 1470. The summed E-state index contributed by atoms with van der Waals surface area (Å²) in [6, 6.07) is 11.7. The number of carbonyl (C=O) groups is 3. The molecule has 0 spiro atoms. The molecular weight excluding hydrogens is 538 g/mol. The molecule has 8 N–H and O–H groups in total. The number of nitrogens with zero attached hydrogens (tertiary/aromatic N) is 1. The van der Waals surface area contributed by atoms with Crippen LogP contribution in [-0.2, 0) is 20.1 Å². The van der Waals surface area contributed by atoms with E-state index in [1.165, 1.54) is 37.0 Å². The number of nitrogens with one attached hydrogen (secondary N) is 1. The first-order chi connectivity index (χ1) is 18.9. The van der Waals surface area contributed by atoms with Crippen LogP contribution in [0, 0.1) is 11.8 Å². The minimum absolute atomic E-state index is 0.0798. The van der Waals surface area contributed by atoms with Gasteiger partial charge in [-0.1, -0.05) is 54.4 Å². The highest BCUT2D eigenvalue weighted by Crippen LogP contribution is 2.55. The van der Waals surface area contributed by atoms with Crippen molar-refractivity contribution in [3.63, 3.8) is 0 Å². The number of phenolic OH excluding ortho intramolecular Hbond substituents is 1. The first-order valence-electron chi connectivity index (χ1n) is 12.5. The Morgan fingerprint density at radius 2 is 1.75 bits per heavy atom. The molecule has 5 rings (SSSR count). The van der Waals surface area contributed by atoms with Gasteiger partial charge in [-0.2, -0.15) is 0 Å². The lowest BCUT2D eigenvalue weighted by Crippen LogP contribution is -2.70. The monoisotopic (exact) mass is 567 g/mol. The van der Waals surface area contributed by atoms with E-state index in [2.05, 4.69) is 4.72 Å². The number of aliphatic hydroxyl groups excluding tert-OH is 3. The molecule has 0 bridgehead atoms. The van der Waals surface area contributed by atoms with Crippen molar-refractivity contribution in [2.24, 2.45) is 17.6 Å². The molecule has 210 valence electrons. The molecule has 1 saturated carbocycles. The minimum Gasteiger partial charge on any atom is -0.508 e. The van der Waals surface area contributed by atoms with Crippen LogP contribution in [0.25, 0.3) is 5.76 Å². The first-order valence-corrected chi connectivity index (χ1v) is 13.5. The van der Waals surface area contributed by atoms with Crippen molar-refractivity contribution in [2.75, 3.05) is 14.1 Å². The van der Waals surface area contributed by atoms with Crippen molar-refractivity contribution in [1.29, 1.82) is 0 Å². The van der Waals surface area contributed by atoms with E-state index in [-0.39, 0.29) is 11.3 Å². The van der Waals surface area contributed by atoms with Gasteiger partial charge in [0.2, 0.25) is 5.78 Å². The molecule has 2 aromatic rings. The molecule has 0 aliphatic heterocycles. The molecule has 12 heteroatoms. The average Bonchev–Trinajstić information content (AvgIpc) is 2.90. The van der Waals surface area contributed by atoms with E-state index < -0.39 is 75.8 Å². The summed E-state index contributed by atoms with van der Waals surface area (Å²) in [5.74, 6) is -8.19. The number of hydrogen-bond acceptors (Lipinski definition) is 11. The van der Waals surface area contributed by atoms with Gasteiger partial charge in [-0.05, 0) is 31.3 Å². The largest absolute Gasteiger partial charge is 0.508 e. The molecule has 0 saturated heterocycles. The van der Waals surface area contributed by atoms with Crippen molar-refractivity contribution in [2.45, 2.75) is 29.5 Å². The normalized spacial score (nSPS) is 29.8. The average molecular weight is 568 g/mol. The van der Waals surface area contributed by atoms with Crippen LogP contribution in [0.2, 0.25) is 0 Å². The number of phenols is 1. The maximum absolute atomic E-state index is 14.1. The second kappa shape index (κ2) is 10.1. The molecule has 40 heavy (non-hydrogen) atoms. The van der Waals surface area contributed by atoms with Crippen molar-refractivity contribution >= 4 is 35.2 Å². The van der Waals surface area contributed by atoms with Crippen molar-refractivity contribution < 1.29 is 39.9 Å². The fourth-order valence-corrected chi connectivity index (χ4v) is 7.10. The van der Waals surface area contributed by atoms with Gasteiger partial charge in [-0.3, -0.25) is 24.0 Å². The Labute approximate surface area is 233 Å². The number of Topliss-reactive ketones (excluding diaryl/α,β-unsaturated/α-hetero) is 2. The zero-order valence-electron chi connectivity index (χ0n) is 21.6. The molecule has 11 nitrogen and oxygen atoms in total. The van der Waals surface area contributed by atoms with Gasteiger partial charge in [0, 0.05) is 17.2 Å². The summed E-state index contributed by atoms with van der Waals surface area (Å²) in [4.78, 5) is 40.9. The second-order valence-electron chi connectivity index (χ2n) is 10.4. The lowest BCUT2D eigenvalue weighted by molar-refractivity contribution is -0.169. The van der Waals surface area contributed by atoms with E-state index >= 15 is 0 Å². The number of nitrogens with two attached hydrogens (primary N) is 1. The molecule has 3 aliphatic rings. The number of primary amides is 1.